The summed E-state index contributed by atoms with van der Waals surface area (Å²) in [5.41, 5.74) is -0.342. The molecule has 2 heterocycles. The van der Waals surface area contributed by atoms with Crippen LogP contribution < -0.4 is 10.1 Å². The maximum atomic E-state index is 12.8. The zero-order valence-electron chi connectivity index (χ0n) is 17.9. The second-order valence-corrected chi connectivity index (χ2v) is 7.51. The predicted molar refractivity (Wildman–Crippen MR) is 116 cm³/mol. The van der Waals surface area contributed by atoms with E-state index in [1.54, 1.807) is 6.92 Å². The largest absolute Gasteiger partial charge is 0.483 e. The molecule has 12 heteroatoms. The number of halogens is 1. The molecule has 3 amide bonds. The zero-order valence-corrected chi connectivity index (χ0v) is 18.7. The molecule has 0 aliphatic carbocycles. The van der Waals surface area contributed by atoms with Gasteiger partial charge in [-0.15, -0.1) is 0 Å². The van der Waals surface area contributed by atoms with Gasteiger partial charge < -0.3 is 19.2 Å². The summed E-state index contributed by atoms with van der Waals surface area (Å²) in [5.74, 6) is -1.36. The second-order valence-electron chi connectivity index (χ2n) is 7.07. The molecule has 1 fully saturated rings. The number of hydrogen-bond acceptors (Lipinski definition) is 8. The molecule has 0 bridgehead atoms. The fourth-order valence-corrected chi connectivity index (χ4v) is 3.18. The summed E-state index contributed by atoms with van der Waals surface area (Å²) >= 11 is 6.04. The Morgan fingerprint density at radius 2 is 2.09 bits per heavy atom. The van der Waals surface area contributed by atoms with E-state index in [-0.39, 0.29) is 51.9 Å². The molecule has 1 saturated heterocycles. The number of hydrogen-bond donors (Lipinski definition) is 1. The molecule has 2 aromatic rings. The van der Waals surface area contributed by atoms with E-state index in [1.165, 1.54) is 31.4 Å². The van der Waals surface area contributed by atoms with Crippen LogP contribution in [0.1, 0.15) is 42.1 Å². The first-order chi connectivity index (χ1) is 15.6. The van der Waals surface area contributed by atoms with Gasteiger partial charge in [0.05, 0.1) is 24.7 Å². The number of amides is 3. The van der Waals surface area contributed by atoms with Crippen molar-refractivity contribution in [2.24, 2.45) is 0 Å². The molecule has 1 aliphatic rings. The number of ether oxygens (including phenoxy) is 2. The Bertz CT molecular complexity index is 1160. The quantitative estimate of drug-likeness (QED) is 0.198. The molecular formula is C21H20ClN3O8. The number of furan rings is 1. The average molecular weight is 478 g/mol. The number of benzene rings is 1. The molecule has 1 aliphatic heterocycles. The van der Waals surface area contributed by atoms with Gasteiger partial charge in [-0.2, -0.15) is 0 Å². The molecule has 0 radical (unpaired) electrons. The van der Waals surface area contributed by atoms with Crippen molar-refractivity contribution in [3.8, 4) is 5.75 Å². The van der Waals surface area contributed by atoms with E-state index in [0.717, 1.165) is 11.0 Å². The first-order valence-corrected chi connectivity index (χ1v) is 10.2. The molecule has 33 heavy (non-hydrogen) atoms. The van der Waals surface area contributed by atoms with E-state index in [9.17, 15) is 24.5 Å². The summed E-state index contributed by atoms with van der Waals surface area (Å²) in [4.78, 5) is 48.5. The fourth-order valence-electron chi connectivity index (χ4n) is 2.96. The molecule has 1 atom stereocenters. The number of urea groups is 1. The van der Waals surface area contributed by atoms with Gasteiger partial charge in [-0.05, 0) is 37.6 Å². The molecule has 1 aromatic carbocycles. The van der Waals surface area contributed by atoms with Crippen LogP contribution in [-0.2, 0) is 16.1 Å². The monoisotopic (exact) mass is 477 g/mol. The fraction of sp³-hybridized carbons (Fsp3) is 0.286. The molecule has 1 unspecified atom stereocenters. The van der Waals surface area contributed by atoms with Crippen LogP contribution in [0.25, 0.3) is 6.08 Å². The van der Waals surface area contributed by atoms with Gasteiger partial charge in [0.2, 0.25) is 11.5 Å². The van der Waals surface area contributed by atoms with Crippen molar-refractivity contribution >= 4 is 41.3 Å². The average Bonchev–Trinajstić information content (AvgIpc) is 3.35. The first-order valence-electron chi connectivity index (χ1n) is 9.80. The van der Waals surface area contributed by atoms with Crippen molar-refractivity contribution in [1.29, 1.82) is 0 Å². The van der Waals surface area contributed by atoms with E-state index in [4.69, 9.17) is 20.8 Å². The van der Waals surface area contributed by atoms with Crippen molar-refractivity contribution < 1.29 is 33.2 Å². The number of carbonyl (C=O) groups excluding carboxylic acids is 3. The van der Waals surface area contributed by atoms with Crippen molar-refractivity contribution in [1.82, 2.24) is 10.2 Å². The van der Waals surface area contributed by atoms with Gasteiger partial charge in [0, 0.05) is 16.7 Å². The number of esters is 1. The minimum Gasteiger partial charge on any atom is -0.483 e. The smallest absolute Gasteiger partial charge is 0.373 e. The molecular weight excluding hydrogens is 458 g/mol. The van der Waals surface area contributed by atoms with E-state index in [1.807, 2.05) is 6.92 Å². The number of carbonyl (C=O) groups is 3. The van der Waals surface area contributed by atoms with Crippen LogP contribution in [0.4, 0.5) is 10.5 Å². The summed E-state index contributed by atoms with van der Waals surface area (Å²) in [6.45, 7) is 3.35. The minimum atomic E-state index is -0.733. The van der Waals surface area contributed by atoms with Gasteiger partial charge in [0.1, 0.15) is 11.5 Å². The molecule has 0 saturated carbocycles. The number of imide groups is 1. The van der Waals surface area contributed by atoms with Crippen molar-refractivity contribution in [3.63, 3.8) is 0 Å². The lowest BCUT2D eigenvalue weighted by Crippen LogP contribution is -2.30. The Morgan fingerprint density at radius 3 is 2.73 bits per heavy atom. The van der Waals surface area contributed by atoms with E-state index in [2.05, 4.69) is 10.1 Å². The van der Waals surface area contributed by atoms with Crippen LogP contribution >= 0.6 is 11.6 Å². The molecule has 1 aromatic heterocycles. The van der Waals surface area contributed by atoms with Gasteiger partial charge in [-0.25, -0.2) is 9.59 Å². The zero-order chi connectivity index (χ0) is 24.3. The lowest BCUT2D eigenvalue weighted by atomic mass is 10.1. The topological polar surface area (TPSA) is 141 Å². The van der Waals surface area contributed by atoms with Gasteiger partial charge in [0.25, 0.3) is 5.91 Å². The number of nitro benzene ring substituents is 1. The standard InChI is InChI=1S/C21H20ClN3O8/c1-4-11(2)32-18-12(7-13(22)9-16(18)25(29)30)8-15-19(26)24(21(28)23-15)10-14-5-6-17(33-14)20(27)31-3/h5-9,11H,4,10H2,1-3H3,(H,23,28). The van der Waals surface area contributed by atoms with E-state index >= 15 is 0 Å². The van der Waals surface area contributed by atoms with Crippen LogP contribution in [0.3, 0.4) is 0 Å². The highest BCUT2D eigenvalue weighted by Gasteiger charge is 2.35. The van der Waals surface area contributed by atoms with Gasteiger partial charge >= 0.3 is 17.7 Å². The maximum Gasteiger partial charge on any atom is 0.373 e. The third-order valence-corrected chi connectivity index (χ3v) is 5.00. The third kappa shape index (κ3) is 5.14. The number of methoxy groups -OCH3 is 1. The predicted octanol–water partition coefficient (Wildman–Crippen LogP) is 3.90. The SMILES string of the molecule is CCC(C)Oc1c(C=C2NC(=O)N(Cc3ccc(C(=O)OC)o3)C2=O)cc(Cl)cc1[N+](=O)[O-]. The molecule has 1 N–H and O–H groups in total. The second kappa shape index (κ2) is 9.74. The maximum absolute atomic E-state index is 12.8. The Kier molecular flexibility index (Phi) is 7.02. The molecule has 174 valence electrons. The van der Waals surface area contributed by atoms with E-state index < -0.39 is 22.8 Å². The van der Waals surface area contributed by atoms with Crippen LogP contribution in [0.15, 0.2) is 34.4 Å². The number of rotatable bonds is 8. The highest BCUT2D eigenvalue weighted by molar-refractivity contribution is 6.31. The summed E-state index contributed by atoms with van der Waals surface area (Å²) in [5, 5.41) is 14.0. The van der Waals surface area contributed by atoms with Crippen LogP contribution in [0, 0.1) is 10.1 Å². The molecule has 11 nitrogen and oxygen atoms in total. The summed E-state index contributed by atoms with van der Waals surface area (Å²) < 4.78 is 15.6. The Morgan fingerprint density at radius 1 is 1.36 bits per heavy atom. The number of nitrogens with zero attached hydrogens (tertiary/aromatic N) is 2. The normalized spacial score (nSPS) is 15.5. The number of nitro groups is 1. The summed E-state index contributed by atoms with van der Waals surface area (Å²) in [6, 6.07) is 4.62. The van der Waals surface area contributed by atoms with Gasteiger partial charge in [0.15, 0.2) is 0 Å². The van der Waals surface area contributed by atoms with Crippen LogP contribution in [0.5, 0.6) is 5.75 Å². The Labute approximate surface area is 193 Å². The highest BCUT2D eigenvalue weighted by Crippen LogP contribution is 2.37. The Balaban J connectivity index is 1.93. The van der Waals surface area contributed by atoms with Crippen molar-refractivity contribution in [3.05, 3.63) is 62.2 Å². The Hall–Kier alpha value is -3.86. The third-order valence-electron chi connectivity index (χ3n) is 4.78. The van der Waals surface area contributed by atoms with Crippen LogP contribution in [0.2, 0.25) is 5.02 Å². The lowest BCUT2D eigenvalue weighted by Gasteiger charge is -2.15. The lowest BCUT2D eigenvalue weighted by molar-refractivity contribution is -0.386. The highest BCUT2D eigenvalue weighted by atomic mass is 35.5. The summed E-state index contributed by atoms with van der Waals surface area (Å²) in [7, 11) is 1.19. The summed E-state index contributed by atoms with van der Waals surface area (Å²) in [6.07, 6.45) is 1.49. The van der Waals surface area contributed by atoms with Crippen LogP contribution in [-0.4, -0.2) is 40.9 Å². The minimum absolute atomic E-state index is 0.0598. The van der Waals surface area contributed by atoms with Gasteiger partial charge in [-0.1, -0.05) is 18.5 Å². The van der Waals surface area contributed by atoms with Crippen molar-refractivity contribution in [2.45, 2.75) is 32.9 Å². The first kappa shape index (κ1) is 23.8. The number of nitrogens with one attached hydrogen (secondary N) is 1. The van der Waals surface area contributed by atoms with E-state index in [0.29, 0.717) is 6.42 Å². The van der Waals surface area contributed by atoms with Gasteiger partial charge in [-0.3, -0.25) is 19.8 Å². The molecule has 3 rings (SSSR count). The molecule has 0 spiro atoms. The van der Waals surface area contributed by atoms with Crippen molar-refractivity contribution in [2.75, 3.05) is 7.11 Å².